The van der Waals surface area contributed by atoms with Gasteiger partial charge in [-0.15, -0.1) is 0 Å². The van der Waals surface area contributed by atoms with Crippen molar-refractivity contribution < 1.29 is 18.9 Å². The molecule has 4 atom stereocenters. The van der Waals surface area contributed by atoms with Crippen molar-refractivity contribution in [2.24, 2.45) is 0 Å². The molecule has 5 rings (SSSR count). The molecule has 0 unspecified atom stereocenters. The van der Waals surface area contributed by atoms with Crippen LogP contribution in [0.5, 0.6) is 0 Å². The Morgan fingerprint density at radius 3 is 1.65 bits per heavy atom. The van der Waals surface area contributed by atoms with Gasteiger partial charge in [0, 0.05) is 34.5 Å². The number of rotatable bonds is 0. The van der Waals surface area contributed by atoms with E-state index in [2.05, 4.69) is 0 Å². The maximum atomic E-state index is 5.93. The molecule has 4 nitrogen and oxygen atoms in total. The van der Waals surface area contributed by atoms with Gasteiger partial charge in [0.1, 0.15) is 12.2 Å². The first-order valence-electron chi connectivity index (χ1n) is 6.86. The van der Waals surface area contributed by atoms with Crippen LogP contribution in [0.25, 0.3) is 0 Å². The third-order valence-electron chi connectivity index (χ3n) is 3.17. The topological polar surface area (TPSA) is 36.9 Å². The highest BCUT2D eigenvalue weighted by atomic mass is 33.1. The van der Waals surface area contributed by atoms with Crippen molar-refractivity contribution in [3.63, 3.8) is 0 Å². The summed E-state index contributed by atoms with van der Waals surface area (Å²) in [6, 6.07) is 0. The molecule has 0 aromatic carbocycles. The van der Waals surface area contributed by atoms with E-state index in [0.29, 0.717) is 13.2 Å². The Bertz CT molecular complexity index is 265. The number of fused-ring (bicyclic) bond motifs is 2. The second-order valence-electron chi connectivity index (χ2n) is 4.67. The maximum Gasteiger partial charge on any atom is 0.167 e. The Labute approximate surface area is 136 Å². The molecule has 8 heteroatoms. The molecule has 5 aliphatic rings. The van der Waals surface area contributed by atoms with Crippen molar-refractivity contribution in [2.45, 2.75) is 24.8 Å². The third kappa shape index (κ3) is 4.87. The van der Waals surface area contributed by atoms with Gasteiger partial charge in [0.15, 0.2) is 12.6 Å². The summed E-state index contributed by atoms with van der Waals surface area (Å²) in [5.74, 6) is 6.47. The van der Waals surface area contributed by atoms with Crippen molar-refractivity contribution in [1.82, 2.24) is 0 Å². The standard InChI is InChI=1S/C12H20O4S4/c1-3-19-20-4-2-18-8-12-14-6-9-10(16-12)5-13-11(15-9)7-17-1/h9-12H,1-8H2/t9-,10-,11+,12+/m0/s1. The second-order valence-corrected chi connectivity index (χ2v) is 9.67. The lowest BCUT2D eigenvalue weighted by Crippen LogP contribution is -2.54. The van der Waals surface area contributed by atoms with Gasteiger partial charge in [-0.3, -0.25) is 0 Å². The molecule has 0 saturated carbocycles. The van der Waals surface area contributed by atoms with E-state index < -0.39 is 0 Å². The molecule has 0 aromatic rings. The molecule has 0 aromatic heterocycles. The summed E-state index contributed by atoms with van der Waals surface area (Å²) >= 11 is 3.80. The van der Waals surface area contributed by atoms with Gasteiger partial charge in [0.2, 0.25) is 0 Å². The molecule has 0 aliphatic carbocycles. The molecule has 4 bridgehead atoms. The summed E-state index contributed by atoms with van der Waals surface area (Å²) in [6.07, 6.45) is -0.142. The highest BCUT2D eigenvalue weighted by Crippen LogP contribution is 2.28. The van der Waals surface area contributed by atoms with Crippen molar-refractivity contribution in [3.05, 3.63) is 0 Å². The predicted octanol–water partition coefficient (Wildman–Crippen LogP) is 2.33. The van der Waals surface area contributed by atoms with Crippen LogP contribution in [0.15, 0.2) is 0 Å². The first-order valence-corrected chi connectivity index (χ1v) is 11.7. The van der Waals surface area contributed by atoms with E-state index in [1.54, 1.807) is 0 Å². The Morgan fingerprint density at radius 2 is 1.15 bits per heavy atom. The Kier molecular flexibility index (Phi) is 7.06. The molecule has 5 aliphatic heterocycles. The van der Waals surface area contributed by atoms with Crippen molar-refractivity contribution in [2.75, 3.05) is 47.7 Å². The van der Waals surface area contributed by atoms with Gasteiger partial charge in [-0.2, -0.15) is 23.5 Å². The molecule has 0 radical (unpaired) electrons. The summed E-state index contributed by atoms with van der Waals surface area (Å²) in [7, 11) is 3.92. The van der Waals surface area contributed by atoms with E-state index in [4.69, 9.17) is 18.9 Å². The summed E-state index contributed by atoms with van der Waals surface area (Å²) < 4.78 is 23.4. The quantitative estimate of drug-likeness (QED) is 0.612. The molecule has 20 heavy (non-hydrogen) atoms. The molecule has 5 saturated heterocycles. The van der Waals surface area contributed by atoms with E-state index in [1.165, 1.54) is 11.5 Å². The lowest BCUT2D eigenvalue weighted by Gasteiger charge is -2.41. The second kappa shape index (κ2) is 8.76. The van der Waals surface area contributed by atoms with E-state index in [-0.39, 0.29) is 24.8 Å². The van der Waals surface area contributed by atoms with Gasteiger partial charge < -0.3 is 18.9 Å². The smallest absolute Gasteiger partial charge is 0.167 e. The van der Waals surface area contributed by atoms with Crippen LogP contribution in [0.1, 0.15) is 0 Å². The molecule has 0 spiro atoms. The van der Waals surface area contributed by atoms with Crippen LogP contribution in [0.3, 0.4) is 0 Å². The fourth-order valence-electron chi connectivity index (χ4n) is 2.18. The number of hydrogen-bond donors (Lipinski definition) is 0. The first kappa shape index (κ1) is 16.1. The molecular formula is C12H20O4S4. The van der Waals surface area contributed by atoms with Gasteiger partial charge >= 0.3 is 0 Å². The highest BCUT2D eigenvalue weighted by molar-refractivity contribution is 8.76. The van der Waals surface area contributed by atoms with Crippen LogP contribution in [0.2, 0.25) is 0 Å². The molecule has 5 fully saturated rings. The highest BCUT2D eigenvalue weighted by Gasteiger charge is 2.38. The van der Waals surface area contributed by atoms with E-state index >= 15 is 0 Å². The molecule has 5 heterocycles. The monoisotopic (exact) mass is 356 g/mol. The molecule has 0 N–H and O–H groups in total. The van der Waals surface area contributed by atoms with Gasteiger partial charge in [-0.05, 0) is 0 Å². The summed E-state index contributed by atoms with van der Waals surface area (Å²) in [4.78, 5) is 0. The van der Waals surface area contributed by atoms with Crippen LogP contribution in [-0.2, 0) is 18.9 Å². The van der Waals surface area contributed by atoms with Crippen LogP contribution < -0.4 is 0 Å². The average Bonchev–Trinajstić information content (AvgIpc) is 2.47. The lowest BCUT2D eigenvalue weighted by atomic mass is 10.2. The minimum Gasteiger partial charge on any atom is -0.349 e. The summed E-state index contributed by atoms with van der Waals surface area (Å²) in [5.41, 5.74) is 0. The zero-order valence-electron chi connectivity index (χ0n) is 11.2. The van der Waals surface area contributed by atoms with Crippen molar-refractivity contribution in [1.29, 1.82) is 0 Å². The fraction of sp³-hybridized carbons (Fsp3) is 1.00. The predicted molar refractivity (Wildman–Crippen MR) is 88.8 cm³/mol. The SMILES string of the molecule is C1CSSCCSC[C@@H]2OC[C@@H]3O[C@H](CS1)OC[C@@H]3O2. The van der Waals surface area contributed by atoms with E-state index in [9.17, 15) is 0 Å². The summed E-state index contributed by atoms with van der Waals surface area (Å²) in [6.45, 7) is 1.26. The van der Waals surface area contributed by atoms with Gasteiger partial charge in [-0.25, -0.2) is 0 Å². The van der Waals surface area contributed by atoms with Crippen LogP contribution >= 0.6 is 45.1 Å². The first-order chi connectivity index (χ1) is 9.92. The number of hydrogen-bond acceptors (Lipinski definition) is 8. The van der Waals surface area contributed by atoms with Gasteiger partial charge in [-0.1, -0.05) is 21.6 Å². The lowest BCUT2D eigenvalue weighted by molar-refractivity contribution is -0.326. The van der Waals surface area contributed by atoms with E-state index in [0.717, 1.165) is 23.0 Å². The molecule has 116 valence electrons. The Hall–Kier alpha value is 1.24. The number of thioether (sulfide) groups is 2. The molecule has 0 amide bonds. The maximum absolute atomic E-state index is 5.93. The summed E-state index contributed by atoms with van der Waals surface area (Å²) in [5, 5.41) is 0. The van der Waals surface area contributed by atoms with Crippen LogP contribution in [-0.4, -0.2) is 72.5 Å². The van der Waals surface area contributed by atoms with Gasteiger partial charge in [0.05, 0.1) is 13.2 Å². The zero-order valence-corrected chi connectivity index (χ0v) is 14.5. The van der Waals surface area contributed by atoms with Crippen molar-refractivity contribution in [3.8, 4) is 0 Å². The zero-order chi connectivity index (χ0) is 13.6. The van der Waals surface area contributed by atoms with Gasteiger partial charge in [0.25, 0.3) is 0 Å². The molecular weight excluding hydrogens is 336 g/mol. The largest absolute Gasteiger partial charge is 0.349 e. The normalized spacial score (nSPS) is 40.8. The Balaban J connectivity index is 1.53. The van der Waals surface area contributed by atoms with E-state index in [1.807, 2.05) is 45.1 Å². The van der Waals surface area contributed by atoms with Crippen LogP contribution in [0.4, 0.5) is 0 Å². The number of ether oxygens (including phenoxy) is 4. The third-order valence-corrected chi connectivity index (χ3v) is 8.10. The van der Waals surface area contributed by atoms with Crippen LogP contribution in [0, 0.1) is 0 Å². The average molecular weight is 357 g/mol. The minimum atomic E-state index is -0.107. The Morgan fingerprint density at radius 1 is 0.650 bits per heavy atom. The minimum absolute atomic E-state index is 0.0356. The fourth-order valence-corrected chi connectivity index (χ4v) is 6.90. The van der Waals surface area contributed by atoms with Crippen molar-refractivity contribution >= 4 is 45.1 Å².